The zero-order valence-electron chi connectivity index (χ0n) is 20.2. The van der Waals surface area contributed by atoms with Crippen molar-refractivity contribution in [1.29, 1.82) is 0 Å². The molecule has 4 aliphatic heterocycles. The predicted molar refractivity (Wildman–Crippen MR) is 128 cm³/mol. The largest absolute Gasteiger partial charge is 0.388 e. The lowest BCUT2D eigenvalue weighted by molar-refractivity contribution is -0.146. The summed E-state index contributed by atoms with van der Waals surface area (Å²) in [5, 5.41) is 14.7. The Balaban J connectivity index is 1.07. The number of carbonyl (C=O) groups excluding carboxylic acids is 2. The number of carbonyl (C=O) groups is 2. The van der Waals surface area contributed by atoms with Crippen LogP contribution in [0.25, 0.3) is 0 Å². The van der Waals surface area contributed by atoms with Crippen molar-refractivity contribution < 1.29 is 19.4 Å². The number of fused-ring (bicyclic) bond motifs is 1. The van der Waals surface area contributed by atoms with Gasteiger partial charge in [0.15, 0.2) is 0 Å². The summed E-state index contributed by atoms with van der Waals surface area (Å²) in [6.07, 6.45) is 3.39. The predicted octanol–water partition coefficient (Wildman–Crippen LogP) is 1.36. The summed E-state index contributed by atoms with van der Waals surface area (Å²) in [5.74, 6) is 0.988. The normalized spacial score (nSPS) is 30.4. The Hall–Kier alpha value is -2.00. The third-order valence-electron chi connectivity index (χ3n) is 8.29. The molecule has 2 N–H and O–H groups in total. The molecule has 1 aromatic carbocycles. The first-order valence-corrected chi connectivity index (χ1v) is 12.8. The van der Waals surface area contributed by atoms with E-state index in [2.05, 4.69) is 29.3 Å². The fourth-order valence-electron chi connectivity index (χ4n) is 6.01. The van der Waals surface area contributed by atoms with Crippen molar-refractivity contribution in [2.75, 3.05) is 46.0 Å². The number of hydrogen-bond acceptors (Lipinski definition) is 6. The Bertz CT molecular complexity index is 861. The lowest BCUT2D eigenvalue weighted by Crippen LogP contribution is -2.61. The van der Waals surface area contributed by atoms with Crippen molar-refractivity contribution in [3.05, 3.63) is 35.9 Å². The van der Waals surface area contributed by atoms with Crippen molar-refractivity contribution in [3.8, 4) is 0 Å². The van der Waals surface area contributed by atoms with Crippen molar-refractivity contribution in [3.63, 3.8) is 0 Å². The number of β-amino-alcohol motifs (C(OH)–C–C–N with tert-alkyl or cyclic N) is 1. The number of rotatable bonds is 6. The fourth-order valence-corrected chi connectivity index (χ4v) is 6.01. The Labute approximate surface area is 202 Å². The van der Waals surface area contributed by atoms with Crippen LogP contribution in [0.15, 0.2) is 30.3 Å². The minimum Gasteiger partial charge on any atom is -0.388 e. The molecule has 4 aliphatic rings. The number of ether oxygens (including phenoxy) is 1. The fraction of sp³-hybridized carbons (Fsp3) is 0.692. The highest BCUT2D eigenvalue weighted by Gasteiger charge is 2.43. The van der Waals surface area contributed by atoms with Gasteiger partial charge in [-0.3, -0.25) is 19.8 Å². The first kappa shape index (κ1) is 23.7. The first-order chi connectivity index (χ1) is 16.4. The quantitative estimate of drug-likeness (QED) is 0.653. The van der Waals surface area contributed by atoms with Gasteiger partial charge < -0.3 is 19.6 Å². The van der Waals surface area contributed by atoms with Gasteiger partial charge in [-0.25, -0.2) is 0 Å². The standard InChI is InChI=1S/C26H38N4O4/c1-19(20-5-3-2-4-6-20)13-24(31)28-10-8-26(33,9-11-28)17-30-18-27-23(14-25(30)32)29-15-21-7-12-34-22(21)16-29/h2-6,19,21-23,27,33H,7-18H2,1H3/t19-,21?,22?,23?/m1/s1. The number of benzene rings is 1. The van der Waals surface area contributed by atoms with Gasteiger partial charge in [0, 0.05) is 45.1 Å². The molecule has 2 amide bonds. The molecule has 4 saturated heterocycles. The van der Waals surface area contributed by atoms with Crippen molar-refractivity contribution >= 4 is 11.8 Å². The third-order valence-corrected chi connectivity index (χ3v) is 8.29. The Morgan fingerprint density at radius 1 is 1.24 bits per heavy atom. The summed E-state index contributed by atoms with van der Waals surface area (Å²) in [6.45, 7) is 6.67. The average molecular weight is 471 g/mol. The topological polar surface area (TPSA) is 85.4 Å². The molecular weight excluding hydrogens is 432 g/mol. The second kappa shape index (κ2) is 9.93. The van der Waals surface area contributed by atoms with E-state index in [0.29, 0.717) is 64.0 Å². The molecule has 0 bridgehead atoms. The molecule has 0 saturated carbocycles. The van der Waals surface area contributed by atoms with Crippen LogP contribution in [-0.2, 0) is 14.3 Å². The monoisotopic (exact) mass is 470 g/mol. The number of nitrogens with zero attached hydrogens (tertiary/aromatic N) is 3. The highest BCUT2D eigenvalue weighted by atomic mass is 16.5. The number of hydrogen-bond donors (Lipinski definition) is 2. The van der Waals surface area contributed by atoms with Crippen molar-refractivity contribution in [2.45, 2.75) is 62.8 Å². The van der Waals surface area contributed by atoms with E-state index in [-0.39, 0.29) is 23.9 Å². The Morgan fingerprint density at radius 3 is 2.71 bits per heavy atom. The summed E-state index contributed by atoms with van der Waals surface area (Å²) in [5.41, 5.74) is 0.230. The number of aliphatic hydroxyl groups is 1. The van der Waals surface area contributed by atoms with Gasteiger partial charge in [0.05, 0.1) is 37.5 Å². The van der Waals surface area contributed by atoms with E-state index >= 15 is 0 Å². The Kier molecular flexibility index (Phi) is 6.93. The van der Waals surface area contributed by atoms with Gasteiger partial charge in [-0.1, -0.05) is 37.3 Å². The molecule has 0 spiro atoms. The van der Waals surface area contributed by atoms with Crippen LogP contribution in [0, 0.1) is 5.92 Å². The molecule has 5 rings (SSSR count). The van der Waals surface area contributed by atoms with E-state index in [1.54, 1.807) is 4.90 Å². The molecule has 8 nitrogen and oxygen atoms in total. The van der Waals surface area contributed by atoms with Crippen LogP contribution in [0.3, 0.4) is 0 Å². The SMILES string of the molecule is C[C@H](CC(=O)N1CCC(O)(CN2CNC(N3CC4CCOC4C3)CC2=O)CC1)c1ccccc1. The van der Waals surface area contributed by atoms with Crippen LogP contribution in [0.2, 0.25) is 0 Å². The molecule has 4 fully saturated rings. The molecule has 0 radical (unpaired) electrons. The van der Waals surface area contributed by atoms with Crippen LogP contribution < -0.4 is 5.32 Å². The van der Waals surface area contributed by atoms with E-state index < -0.39 is 5.60 Å². The zero-order valence-corrected chi connectivity index (χ0v) is 20.2. The molecule has 0 aromatic heterocycles. The van der Waals surface area contributed by atoms with Gasteiger partial charge in [0.2, 0.25) is 11.8 Å². The molecule has 186 valence electrons. The van der Waals surface area contributed by atoms with Crippen LogP contribution >= 0.6 is 0 Å². The molecular formula is C26H38N4O4. The molecule has 3 unspecified atom stereocenters. The molecule has 8 heteroatoms. The maximum atomic E-state index is 12.9. The third kappa shape index (κ3) is 5.15. The molecule has 1 aromatic rings. The van der Waals surface area contributed by atoms with E-state index in [4.69, 9.17) is 4.74 Å². The van der Waals surface area contributed by atoms with Gasteiger partial charge in [0.25, 0.3) is 0 Å². The lowest BCUT2D eigenvalue weighted by atomic mass is 9.89. The summed E-state index contributed by atoms with van der Waals surface area (Å²) in [7, 11) is 0. The van der Waals surface area contributed by atoms with Gasteiger partial charge in [0.1, 0.15) is 0 Å². The maximum Gasteiger partial charge on any atom is 0.226 e. The summed E-state index contributed by atoms with van der Waals surface area (Å²) >= 11 is 0. The van der Waals surface area contributed by atoms with Gasteiger partial charge in [-0.2, -0.15) is 0 Å². The van der Waals surface area contributed by atoms with Crippen LogP contribution in [0.5, 0.6) is 0 Å². The number of likely N-dealkylation sites (tertiary alicyclic amines) is 2. The van der Waals surface area contributed by atoms with E-state index in [1.165, 1.54) is 5.56 Å². The minimum absolute atomic E-state index is 0.0543. The summed E-state index contributed by atoms with van der Waals surface area (Å²) in [6, 6.07) is 10.1. The van der Waals surface area contributed by atoms with Gasteiger partial charge >= 0.3 is 0 Å². The highest BCUT2D eigenvalue weighted by Crippen LogP contribution is 2.31. The minimum atomic E-state index is -0.940. The average Bonchev–Trinajstić information content (AvgIpc) is 3.44. The lowest BCUT2D eigenvalue weighted by Gasteiger charge is -2.44. The van der Waals surface area contributed by atoms with Gasteiger partial charge in [-0.05, 0) is 30.7 Å². The van der Waals surface area contributed by atoms with Crippen LogP contribution in [0.1, 0.15) is 50.5 Å². The second-order valence-electron chi connectivity index (χ2n) is 10.7. The van der Waals surface area contributed by atoms with Crippen LogP contribution in [0.4, 0.5) is 0 Å². The maximum absolute atomic E-state index is 12.9. The van der Waals surface area contributed by atoms with E-state index in [1.807, 2.05) is 23.1 Å². The van der Waals surface area contributed by atoms with Crippen molar-refractivity contribution in [1.82, 2.24) is 20.0 Å². The second-order valence-corrected chi connectivity index (χ2v) is 10.7. The molecule has 34 heavy (non-hydrogen) atoms. The number of amides is 2. The Morgan fingerprint density at radius 2 is 2.00 bits per heavy atom. The molecule has 4 heterocycles. The van der Waals surface area contributed by atoms with Crippen LogP contribution in [-0.4, -0.2) is 95.5 Å². The highest BCUT2D eigenvalue weighted by molar-refractivity contribution is 5.78. The number of nitrogens with one attached hydrogen (secondary N) is 1. The zero-order chi connectivity index (χ0) is 23.7. The van der Waals surface area contributed by atoms with E-state index in [9.17, 15) is 14.7 Å². The first-order valence-electron chi connectivity index (χ1n) is 12.8. The molecule has 4 atom stereocenters. The summed E-state index contributed by atoms with van der Waals surface area (Å²) in [4.78, 5) is 31.7. The van der Waals surface area contributed by atoms with Gasteiger partial charge in [-0.15, -0.1) is 0 Å². The smallest absolute Gasteiger partial charge is 0.226 e. The van der Waals surface area contributed by atoms with Crippen molar-refractivity contribution in [2.24, 2.45) is 5.92 Å². The van der Waals surface area contributed by atoms with E-state index in [0.717, 1.165) is 26.1 Å². The molecule has 0 aliphatic carbocycles. The summed E-state index contributed by atoms with van der Waals surface area (Å²) < 4.78 is 5.80. The number of piperidine rings is 1.